The van der Waals surface area contributed by atoms with Crippen molar-refractivity contribution in [2.45, 2.75) is 32.7 Å². The summed E-state index contributed by atoms with van der Waals surface area (Å²) in [4.78, 5) is 42.4. The van der Waals surface area contributed by atoms with Crippen molar-refractivity contribution in [2.24, 2.45) is 0 Å². The van der Waals surface area contributed by atoms with E-state index in [1.165, 1.54) is 33.6 Å². The molecular weight excluding hydrogens is 398 g/mol. The summed E-state index contributed by atoms with van der Waals surface area (Å²) in [6.45, 7) is 2.00. The highest BCUT2D eigenvalue weighted by Gasteiger charge is 2.16. The zero-order chi connectivity index (χ0) is 19.9. The SMILES string of the molecule is CCCCCNC(=O)COC(=O)Cn1cnc2scc(-c3cccs3)c2c1=O. The number of amides is 1. The Hall–Kier alpha value is -2.52. The highest BCUT2D eigenvalue weighted by molar-refractivity contribution is 7.18. The zero-order valence-electron chi connectivity index (χ0n) is 15.5. The second-order valence-electron chi connectivity index (χ2n) is 6.20. The largest absolute Gasteiger partial charge is 0.454 e. The quantitative estimate of drug-likeness (QED) is 0.425. The van der Waals surface area contributed by atoms with Crippen LogP contribution in [0.25, 0.3) is 20.7 Å². The van der Waals surface area contributed by atoms with Crippen molar-refractivity contribution < 1.29 is 14.3 Å². The van der Waals surface area contributed by atoms with Crippen molar-refractivity contribution in [3.63, 3.8) is 0 Å². The van der Waals surface area contributed by atoms with Crippen molar-refractivity contribution in [1.82, 2.24) is 14.9 Å². The summed E-state index contributed by atoms with van der Waals surface area (Å²) in [6.07, 6.45) is 4.33. The van der Waals surface area contributed by atoms with Crippen LogP contribution in [0, 0.1) is 0 Å². The van der Waals surface area contributed by atoms with Crippen LogP contribution in [-0.2, 0) is 20.9 Å². The molecule has 0 bridgehead atoms. The number of hydrogen-bond acceptors (Lipinski definition) is 7. The lowest BCUT2D eigenvalue weighted by molar-refractivity contribution is -0.149. The van der Waals surface area contributed by atoms with E-state index in [2.05, 4.69) is 17.2 Å². The number of nitrogens with zero attached hydrogens (tertiary/aromatic N) is 2. The molecule has 1 amide bonds. The lowest BCUT2D eigenvalue weighted by atomic mass is 10.2. The Morgan fingerprint density at radius 1 is 1.29 bits per heavy atom. The van der Waals surface area contributed by atoms with Crippen molar-refractivity contribution in [1.29, 1.82) is 0 Å². The van der Waals surface area contributed by atoms with Crippen molar-refractivity contribution in [3.8, 4) is 10.4 Å². The zero-order valence-corrected chi connectivity index (χ0v) is 17.1. The molecule has 3 heterocycles. The minimum Gasteiger partial charge on any atom is -0.454 e. The number of esters is 1. The van der Waals surface area contributed by atoms with Gasteiger partial charge in [0.05, 0.1) is 11.7 Å². The van der Waals surface area contributed by atoms with Gasteiger partial charge in [-0.05, 0) is 17.9 Å². The fourth-order valence-corrected chi connectivity index (χ4v) is 4.40. The molecule has 1 N–H and O–H groups in total. The highest BCUT2D eigenvalue weighted by atomic mass is 32.1. The van der Waals surface area contributed by atoms with E-state index in [0.717, 1.165) is 29.7 Å². The number of nitrogens with one attached hydrogen (secondary N) is 1. The highest BCUT2D eigenvalue weighted by Crippen LogP contribution is 2.33. The van der Waals surface area contributed by atoms with Gasteiger partial charge in [-0.25, -0.2) is 4.98 Å². The molecule has 28 heavy (non-hydrogen) atoms. The fourth-order valence-electron chi connectivity index (χ4n) is 2.68. The molecule has 3 rings (SSSR count). The van der Waals surface area contributed by atoms with Gasteiger partial charge in [0.15, 0.2) is 6.61 Å². The molecule has 0 saturated carbocycles. The Labute approximate surface area is 170 Å². The van der Waals surface area contributed by atoms with Crippen LogP contribution in [0.15, 0.2) is 34.0 Å². The van der Waals surface area contributed by atoms with Crippen LogP contribution in [0.1, 0.15) is 26.2 Å². The smallest absolute Gasteiger partial charge is 0.326 e. The van der Waals surface area contributed by atoms with Crippen LogP contribution in [0.5, 0.6) is 0 Å². The van der Waals surface area contributed by atoms with Crippen molar-refractivity contribution in [3.05, 3.63) is 39.6 Å². The number of rotatable bonds is 9. The van der Waals surface area contributed by atoms with E-state index in [1.807, 2.05) is 22.9 Å². The van der Waals surface area contributed by atoms with Gasteiger partial charge < -0.3 is 10.1 Å². The van der Waals surface area contributed by atoms with Crippen molar-refractivity contribution in [2.75, 3.05) is 13.2 Å². The molecule has 0 fully saturated rings. The first-order chi connectivity index (χ1) is 13.6. The van der Waals surface area contributed by atoms with E-state index in [4.69, 9.17) is 4.74 Å². The van der Waals surface area contributed by atoms with Gasteiger partial charge in [-0.15, -0.1) is 22.7 Å². The number of aromatic nitrogens is 2. The Balaban J connectivity index is 1.63. The molecule has 0 spiro atoms. The Morgan fingerprint density at radius 2 is 2.14 bits per heavy atom. The van der Waals surface area contributed by atoms with Gasteiger partial charge in [-0.1, -0.05) is 25.8 Å². The van der Waals surface area contributed by atoms with E-state index in [0.29, 0.717) is 16.8 Å². The van der Waals surface area contributed by atoms with Gasteiger partial charge >= 0.3 is 5.97 Å². The van der Waals surface area contributed by atoms with Crippen LogP contribution in [0.2, 0.25) is 0 Å². The van der Waals surface area contributed by atoms with Gasteiger partial charge in [-0.3, -0.25) is 19.0 Å². The lowest BCUT2D eigenvalue weighted by Gasteiger charge is -2.08. The molecule has 0 aliphatic rings. The first-order valence-corrected chi connectivity index (χ1v) is 10.8. The van der Waals surface area contributed by atoms with E-state index in [9.17, 15) is 14.4 Å². The first kappa shape index (κ1) is 20.2. The Bertz CT molecular complexity index is 1010. The molecule has 0 atom stereocenters. The molecule has 3 aromatic rings. The van der Waals surface area contributed by atoms with Gasteiger partial charge in [0, 0.05) is 22.4 Å². The predicted molar refractivity (Wildman–Crippen MR) is 111 cm³/mol. The predicted octanol–water partition coefficient (Wildman–Crippen LogP) is 3.04. The summed E-state index contributed by atoms with van der Waals surface area (Å²) in [7, 11) is 0. The molecule has 0 aliphatic carbocycles. The van der Waals surface area contributed by atoms with Crippen LogP contribution < -0.4 is 10.9 Å². The summed E-state index contributed by atoms with van der Waals surface area (Å²) >= 11 is 2.93. The number of hydrogen-bond donors (Lipinski definition) is 1. The van der Waals surface area contributed by atoms with Gasteiger partial charge in [-0.2, -0.15) is 0 Å². The lowest BCUT2D eigenvalue weighted by Crippen LogP contribution is -2.31. The normalized spacial score (nSPS) is 10.9. The number of ether oxygens (including phenoxy) is 1. The molecule has 9 heteroatoms. The van der Waals surface area contributed by atoms with Gasteiger partial charge in [0.25, 0.3) is 11.5 Å². The maximum Gasteiger partial charge on any atom is 0.326 e. The molecule has 148 valence electrons. The van der Waals surface area contributed by atoms with E-state index >= 15 is 0 Å². The standard InChI is InChI=1S/C19H21N3O4S2/c1-2-3-4-7-20-15(23)10-26-16(24)9-22-12-21-18-17(19(22)25)13(11-28-18)14-6-5-8-27-14/h5-6,8,11-12H,2-4,7,9-10H2,1H3,(H,20,23). The third kappa shape index (κ3) is 4.85. The van der Waals surface area contributed by atoms with E-state index in [1.54, 1.807) is 0 Å². The molecule has 0 aliphatic heterocycles. The summed E-state index contributed by atoms with van der Waals surface area (Å²) in [5.41, 5.74) is 0.525. The second kappa shape index (κ2) is 9.61. The average molecular weight is 420 g/mol. The maximum absolute atomic E-state index is 12.8. The number of carbonyl (C=O) groups excluding carboxylic acids is 2. The van der Waals surface area contributed by atoms with Crippen molar-refractivity contribution >= 4 is 44.8 Å². The molecular formula is C19H21N3O4S2. The van der Waals surface area contributed by atoms with Crippen LogP contribution in [-0.4, -0.2) is 34.6 Å². The van der Waals surface area contributed by atoms with Crippen LogP contribution in [0.3, 0.4) is 0 Å². The molecule has 0 unspecified atom stereocenters. The van der Waals surface area contributed by atoms with Crippen LogP contribution >= 0.6 is 22.7 Å². The second-order valence-corrected chi connectivity index (χ2v) is 8.01. The molecule has 0 aromatic carbocycles. The first-order valence-electron chi connectivity index (χ1n) is 9.03. The van der Waals surface area contributed by atoms with E-state index in [-0.39, 0.29) is 24.6 Å². The molecule has 0 saturated heterocycles. The number of unbranched alkanes of at least 4 members (excludes halogenated alkanes) is 2. The number of fused-ring (bicyclic) bond motifs is 1. The van der Waals surface area contributed by atoms with E-state index < -0.39 is 5.97 Å². The maximum atomic E-state index is 12.8. The summed E-state index contributed by atoms with van der Waals surface area (Å²) in [5, 5.41) is 7.04. The average Bonchev–Trinajstić information content (AvgIpc) is 3.35. The number of carbonyl (C=O) groups is 2. The van der Waals surface area contributed by atoms with Gasteiger partial charge in [0.1, 0.15) is 11.4 Å². The molecule has 7 nitrogen and oxygen atoms in total. The fraction of sp³-hybridized carbons (Fsp3) is 0.368. The monoisotopic (exact) mass is 419 g/mol. The Morgan fingerprint density at radius 3 is 2.89 bits per heavy atom. The third-order valence-electron chi connectivity index (χ3n) is 4.11. The summed E-state index contributed by atoms with van der Waals surface area (Å²) in [6, 6.07) is 3.86. The Kier molecular flexibility index (Phi) is 6.94. The minimum atomic E-state index is -0.653. The molecule has 3 aromatic heterocycles. The number of thiophene rings is 2. The van der Waals surface area contributed by atoms with Gasteiger partial charge in [0.2, 0.25) is 0 Å². The topological polar surface area (TPSA) is 90.3 Å². The minimum absolute atomic E-state index is 0.287. The van der Waals surface area contributed by atoms with Crippen LogP contribution in [0.4, 0.5) is 0 Å². The summed E-state index contributed by atoms with van der Waals surface area (Å²) < 4.78 is 6.20. The molecule has 0 radical (unpaired) electrons. The summed E-state index contributed by atoms with van der Waals surface area (Å²) in [5.74, 6) is -0.997. The third-order valence-corrected chi connectivity index (χ3v) is 5.90.